The number of carbonyl (C=O) groups excluding carboxylic acids is 3. The molecular formula is C21H26N4O3. The average Bonchev–Trinajstić information content (AvgIpc) is 3.39. The lowest BCUT2D eigenvalue weighted by Gasteiger charge is -2.29. The molecule has 3 amide bonds. The fraction of sp³-hybridized carbons (Fsp3) is 0.571. The minimum absolute atomic E-state index is 0.105. The van der Waals surface area contributed by atoms with Gasteiger partial charge in [-0.25, -0.2) is 0 Å². The first-order valence-electron chi connectivity index (χ1n) is 10.2. The van der Waals surface area contributed by atoms with E-state index in [1.165, 1.54) is 18.4 Å². The van der Waals surface area contributed by atoms with Crippen LogP contribution in [0.25, 0.3) is 0 Å². The monoisotopic (exact) mass is 382 g/mol. The highest BCUT2D eigenvalue weighted by Crippen LogP contribution is 2.46. The van der Waals surface area contributed by atoms with Crippen molar-refractivity contribution in [3.8, 4) is 0 Å². The average molecular weight is 382 g/mol. The van der Waals surface area contributed by atoms with Gasteiger partial charge in [0.05, 0.1) is 0 Å². The summed E-state index contributed by atoms with van der Waals surface area (Å²) in [6, 6.07) is 5.52. The van der Waals surface area contributed by atoms with Crippen LogP contribution in [0.3, 0.4) is 0 Å². The molecule has 2 N–H and O–H groups in total. The molecule has 1 aromatic carbocycles. The summed E-state index contributed by atoms with van der Waals surface area (Å²) in [6.45, 7) is 5.67. The number of nitrogens with zero attached hydrogens (tertiary/aromatic N) is 2. The molecule has 3 aliphatic heterocycles. The SMILES string of the molecule is O=C1CCC(N2Cc3cc(CN4CCNCC5(CC5)C4)ccc3C2=O)C(=O)N1. The van der Waals surface area contributed by atoms with E-state index in [0.717, 1.165) is 38.3 Å². The quantitative estimate of drug-likeness (QED) is 0.750. The molecule has 3 fully saturated rings. The Morgan fingerprint density at radius 2 is 2.04 bits per heavy atom. The Balaban J connectivity index is 1.30. The lowest BCUT2D eigenvalue weighted by molar-refractivity contribution is -0.136. The summed E-state index contributed by atoms with van der Waals surface area (Å²) in [4.78, 5) is 40.5. The van der Waals surface area contributed by atoms with Crippen molar-refractivity contribution in [1.29, 1.82) is 0 Å². The van der Waals surface area contributed by atoms with Crippen LogP contribution in [-0.2, 0) is 22.7 Å². The van der Waals surface area contributed by atoms with Crippen molar-refractivity contribution < 1.29 is 14.4 Å². The van der Waals surface area contributed by atoms with E-state index in [4.69, 9.17) is 0 Å². The highest BCUT2D eigenvalue weighted by Gasteiger charge is 2.44. The molecule has 7 heteroatoms. The van der Waals surface area contributed by atoms with Crippen molar-refractivity contribution in [2.24, 2.45) is 5.41 Å². The summed E-state index contributed by atoms with van der Waals surface area (Å²) in [5, 5.41) is 5.91. The molecule has 0 radical (unpaired) electrons. The Bertz CT molecular complexity index is 848. The van der Waals surface area contributed by atoms with Gasteiger partial charge in [-0.1, -0.05) is 12.1 Å². The van der Waals surface area contributed by atoms with E-state index in [-0.39, 0.29) is 24.1 Å². The fourth-order valence-corrected chi connectivity index (χ4v) is 4.83. The molecule has 3 heterocycles. The predicted molar refractivity (Wildman–Crippen MR) is 102 cm³/mol. The summed E-state index contributed by atoms with van der Waals surface area (Å²) in [7, 11) is 0. The fourth-order valence-electron chi connectivity index (χ4n) is 4.83. The molecule has 1 aliphatic carbocycles. The molecular weight excluding hydrogens is 356 g/mol. The number of benzene rings is 1. The molecule has 148 valence electrons. The van der Waals surface area contributed by atoms with Gasteiger partial charge < -0.3 is 10.2 Å². The van der Waals surface area contributed by atoms with Gasteiger partial charge in [0.1, 0.15) is 6.04 Å². The van der Waals surface area contributed by atoms with Gasteiger partial charge in [-0.2, -0.15) is 0 Å². The van der Waals surface area contributed by atoms with Crippen molar-refractivity contribution in [2.45, 2.75) is 44.8 Å². The number of carbonyl (C=O) groups is 3. The standard InChI is InChI=1S/C21H26N4O3/c26-18-4-3-17(19(27)23-18)25-11-15-9-14(1-2-16(15)20(25)28)10-24-8-7-22-12-21(13-24)5-6-21/h1-2,9,17,22H,3-8,10-13H2,(H,23,26,27). The number of hydrogen-bond donors (Lipinski definition) is 2. The van der Waals surface area contributed by atoms with Gasteiger partial charge in [0.25, 0.3) is 5.91 Å². The maximum absolute atomic E-state index is 12.8. The maximum atomic E-state index is 12.8. The van der Waals surface area contributed by atoms with Crippen LogP contribution in [0.2, 0.25) is 0 Å². The van der Waals surface area contributed by atoms with Crippen LogP contribution in [0, 0.1) is 5.41 Å². The largest absolute Gasteiger partial charge is 0.322 e. The predicted octanol–water partition coefficient (Wildman–Crippen LogP) is 0.633. The summed E-state index contributed by atoms with van der Waals surface area (Å²) in [5.74, 6) is -0.718. The molecule has 7 nitrogen and oxygen atoms in total. The number of piperidine rings is 1. The molecule has 0 aromatic heterocycles. The Morgan fingerprint density at radius 1 is 1.18 bits per heavy atom. The summed E-state index contributed by atoms with van der Waals surface area (Å²) >= 11 is 0. The molecule has 1 aromatic rings. The van der Waals surface area contributed by atoms with Crippen LogP contribution in [0.15, 0.2) is 18.2 Å². The summed E-state index contributed by atoms with van der Waals surface area (Å²) in [6.07, 6.45) is 3.32. The van der Waals surface area contributed by atoms with Crippen molar-refractivity contribution >= 4 is 17.7 Å². The molecule has 1 spiro atoms. The number of nitrogens with one attached hydrogen (secondary N) is 2. The van der Waals surface area contributed by atoms with Gasteiger partial charge in [-0.05, 0) is 41.9 Å². The first-order chi connectivity index (χ1) is 13.5. The van der Waals surface area contributed by atoms with Crippen molar-refractivity contribution in [3.63, 3.8) is 0 Å². The van der Waals surface area contributed by atoms with Gasteiger partial charge in [0.15, 0.2) is 0 Å². The van der Waals surface area contributed by atoms with Crippen molar-refractivity contribution in [2.75, 3.05) is 26.2 Å². The van der Waals surface area contributed by atoms with Crippen LogP contribution in [-0.4, -0.2) is 59.7 Å². The van der Waals surface area contributed by atoms with Gasteiger partial charge in [-0.3, -0.25) is 24.6 Å². The highest BCUT2D eigenvalue weighted by atomic mass is 16.2. The van der Waals surface area contributed by atoms with Gasteiger partial charge in [0, 0.05) is 51.3 Å². The van der Waals surface area contributed by atoms with Crippen LogP contribution >= 0.6 is 0 Å². The third kappa shape index (κ3) is 3.22. The number of fused-ring (bicyclic) bond motifs is 1. The van der Waals surface area contributed by atoms with Crippen molar-refractivity contribution in [1.82, 2.24) is 20.4 Å². The topological polar surface area (TPSA) is 81.8 Å². The zero-order chi connectivity index (χ0) is 19.3. The normalized spacial score (nSPS) is 26.9. The van der Waals surface area contributed by atoms with E-state index in [1.807, 2.05) is 12.1 Å². The Hall–Kier alpha value is -2.25. The van der Waals surface area contributed by atoms with Crippen molar-refractivity contribution in [3.05, 3.63) is 34.9 Å². The molecule has 1 unspecified atom stereocenters. The van der Waals surface area contributed by atoms with Crippen LogP contribution in [0.4, 0.5) is 0 Å². The van der Waals surface area contributed by atoms with E-state index in [9.17, 15) is 14.4 Å². The smallest absolute Gasteiger partial charge is 0.255 e. The van der Waals surface area contributed by atoms with E-state index < -0.39 is 6.04 Å². The second kappa shape index (κ2) is 6.67. The first kappa shape index (κ1) is 17.8. The molecule has 4 aliphatic rings. The number of hydrogen-bond acceptors (Lipinski definition) is 5. The Kier molecular flexibility index (Phi) is 4.25. The van der Waals surface area contributed by atoms with Gasteiger partial charge in [-0.15, -0.1) is 0 Å². The molecule has 1 atom stereocenters. The molecule has 0 bridgehead atoms. The van der Waals surface area contributed by atoms with Gasteiger partial charge >= 0.3 is 0 Å². The highest BCUT2D eigenvalue weighted by molar-refractivity contribution is 6.05. The second-order valence-electron chi connectivity index (χ2n) is 8.78. The molecule has 28 heavy (non-hydrogen) atoms. The van der Waals surface area contributed by atoms with E-state index >= 15 is 0 Å². The van der Waals surface area contributed by atoms with E-state index in [1.54, 1.807) is 4.90 Å². The minimum Gasteiger partial charge on any atom is -0.322 e. The maximum Gasteiger partial charge on any atom is 0.255 e. The summed E-state index contributed by atoms with van der Waals surface area (Å²) in [5.41, 5.74) is 3.37. The zero-order valence-corrected chi connectivity index (χ0v) is 16.0. The number of imide groups is 1. The second-order valence-corrected chi connectivity index (χ2v) is 8.78. The molecule has 2 saturated heterocycles. The van der Waals surface area contributed by atoms with E-state index in [2.05, 4.69) is 21.6 Å². The third-order valence-corrected chi connectivity index (χ3v) is 6.62. The number of rotatable bonds is 3. The molecule has 5 rings (SSSR count). The summed E-state index contributed by atoms with van der Waals surface area (Å²) < 4.78 is 0. The Morgan fingerprint density at radius 3 is 2.82 bits per heavy atom. The van der Waals surface area contributed by atoms with E-state index in [0.29, 0.717) is 23.9 Å². The lowest BCUT2D eigenvalue weighted by atomic mass is 10.0. The third-order valence-electron chi connectivity index (χ3n) is 6.62. The minimum atomic E-state index is -0.549. The van der Waals surface area contributed by atoms with Gasteiger partial charge in [0.2, 0.25) is 11.8 Å². The first-order valence-corrected chi connectivity index (χ1v) is 10.2. The molecule has 1 saturated carbocycles. The lowest BCUT2D eigenvalue weighted by Crippen LogP contribution is -2.52. The Labute approximate surface area is 164 Å². The van der Waals surface area contributed by atoms with Crippen LogP contribution in [0.5, 0.6) is 0 Å². The number of amides is 3. The zero-order valence-electron chi connectivity index (χ0n) is 16.0. The van der Waals surface area contributed by atoms with Crippen LogP contribution in [0.1, 0.15) is 47.2 Å². The van der Waals surface area contributed by atoms with Crippen LogP contribution < -0.4 is 10.6 Å².